The van der Waals surface area contributed by atoms with Gasteiger partial charge in [0.25, 0.3) is 0 Å². The van der Waals surface area contributed by atoms with E-state index in [0.717, 1.165) is 17.1 Å². The highest BCUT2D eigenvalue weighted by Crippen LogP contribution is 2.32. The van der Waals surface area contributed by atoms with Crippen LogP contribution in [-0.2, 0) is 0 Å². The van der Waals surface area contributed by atoms with Crippen molar-refractivity contribution in [3.63, 3.8) is 0 Å². The minimum atomic E-state index is 0.638. The van der Waals surface area contributed by atoms with Crippen molar-refractivity contribution in [2.45, 2.75) is 77.5 Å². The first kappa shape index (κ1) is 16.4. The minimum absolute atomic E-state index is 0.638. The third-order valence-corrected chi connectivity index (χ3v) is 5.18. The molecule has 18 heavy (non-hydrogen) atoms. The van der Waals surface area contributed by atoms with Gasteiger partial charge in [0.05, 0.1) is 0 Å². The highest BCUT2D eigenvalue weighted by molar-refractivity contribution is 7.99. The average Bonchev–Trinajstić information content (AvgIpc) is 2.51. The summed E-state index contributed by atoms with van der Waals surface area (Å²) in [6, 6.07) is 0.638. The Morgan fingerprint density at radius 1 is 1.00 bits per heavy atom. The van der Waals surface area contributed by atoms with Gasteiger partial charge in [-0.05, 0) is 42.2 Å². The van der Waals surface area contributed by atoms with Crippen LogP contribution in [-0.4, -0.2) is 23.6 Å². The molecule has 0 radical (unpaired) electrons. The zero-order valence-electron chi connectivity index (χ0n) is 12.9. The Balaban J connectivity index is 2.36. The molecule has 1 nitrogen and oxygen atoms in total. The molecule has 0 amide bonds. The molecule has 1 fully saturated rings. The predicted octanol–water partition coefficient (Wildman–Crippen LogP) is 4.71. The second-order valence-electron chi connectivity index (χ2n) is 6.43. The maximum absolute atomic E-state index is 3.67. The van der Waals surface area contributed by atoms with Crippen LogP contribution >= 0.6 is 11.8 Å². The van der Waals surface area contributed by atoms with E-state index < -0.39 is 0 Å². The first-order chi connectivity index (χ1) is 8.59. The van der Waals surface area contributed by atoms with E-state index in [1.807, 2.05) is 0 Å². The van der Waals surface area contributed by atoms with E-state index in [1.54, 1.807) is 0 Å². The number of hydrogen-bond acceptors (Lipinski definition) is 2. The molecule has 2 unspecified atom stereocenters. The van der Waals surface area contributed by atoms with Gasteiger partial charge in [-0.3, -0.25) is 0 Å². The average molecular weight is 272 g/mol. The maximum atomic E-state index is 3.67. The topological polar surface area (TPSA) is 12.0 Å². The Labute approximate surface area is 119 Å². The van der Waals surface area contributed by atoms with Crippen molar-refractivity contribution in [1.82, 2.24) is 5.32 Å². The van der Waals surface area contributed by atoms with Gasteiger partial charge in [-0.25, -0.2) is 0 Å². The Morgan fingerprint density at radius 3 is 2.28 bits per heavy atom. The largest absolute Gasteiger partial charge is 0.314 e. The third-order valence-electron chi connectivity index (χ3n) is 4.04. The molecule has 0 spiro atoms. The summed E-state index contributed by atoms with van der Waals surface area (Å²) in [6.45, 7) is 10.4. The summed E-state index contributed by atoms with van der Waals surface area (Å²) in [5.41, 5.74) is 0. The molecule has 1 saturated carbocycles. The van der Waals surface area contributed by atoms with Crippen molar-refractivity contribution < 1.29 is 0 Å². The summed E-state index contributed by atoms with van der Waals surface area (Å²) in [5, 5.41) is 4.46. The molecule has 1 aliphatic carbocycles. The molecule has 1 N–H and O–H groups in total. The van der Waals surface area contributed by atoms with Crippen molar-refractivity contribution >= 4 is 11.8 Å². The van der Waals surface area contributed by atoms with Crippen molar-refractivity contribution in [2.24, 2.45) is 11.8 Å². The van der Waals surface area contributed by atoms with E-state index >= 15 is 0 Å². The first-order valence-electron chi connectivity index (χ1n) is 7.94. The van der Waals surface area contributed by atoms with Crippen LogP contribution in [0.2, 0.25) is 0 Å². The zero-order valence-corrected chi connectivity index (χ0v) is 13.7. The van der Waals surface area contributed by atoms with Crippen molar-refractivity contribution in [3.05, 3.63) is 0 Å². The predicted molar refractivity (Wildman–Crippen MR) is 85.4 cm³/mol. The van der Waals surface area contributed by atoms with Gasteiger partial charge in [0, 0.05) is 6.04 Å². The number of nitrogens with one attached hydrogen (secondary N) is 1. The van der Waals surface area contributed by atoms with E-state index in [1.165, 1.54) is 50.8 Å². The van der Waals surface area contributed by atoms with E-state index in [0.29, 0.717) is 6.04 Å². The van der Waals surface area contributed by atoms with Gasteiger partial charge in [0.1, 0.15) is 0 Å². The second kappa shape index (κ2) is 9.25. The van der Waals surface area contributed by atoms with Gasteiger partial charge in [0.2, 0.25) is 0 Å². The Hall–Kier alpha value is 0.310. The Morgan fingerprint density at radius 2 is 1.67 bits per heavy atom. The van der Waals surface area contributed by atoms with E-state index in [9.17, 15) is 0 Å². The van der Waals surface area contributed by atoms with Crippen molar-refractivity contribution in [2.75, 3.05) is 12.3 Å². The van der Waals surface area contributed by atoms with Crippen LogP contribution in [0.5, 0.6) is 0 Å². The van der Waals surface area contributed by atoms with Crippen LogP contribution in [0.15, 0.2) is 0 Å². The van der Waals surface area contributed by atoms with Gasteiger partial charge in [-0.15, -0.1) is 0 Å². The molecule has 0 aromatic carbocycles. The van der Waals surface area contributed by atoms with E-state index in [-0.39, 0.29) is 0 Å². The Bertz CT molecular complexity index is 203. The molecule has 2 atom stereocenters. The standard InChI is InChI=1S/C16H33NS/c1-13(2)17-12-16-9-7-5-6-8-15(16)10-11-18-14(3)4/h13-17H,5-12H2,1-4H3. The van der Waals surface area contributed by atoms with Crippen LogP contribution in [0.4, 0.5) is 0 Å². The van der Waals surface area contributed by atoms with Crippen LogP contribution in [0.3, 0.4) is 0 Å². The lowest BCUT2D eigenvalue weighted by Gasteiger charge is -2.26. The van der Waals surface area contributed by atoms with Gasteiger partial charge >= 0.3 is 0 Å². The molecule has 0 aliphatic heterocycles. The molecule has 1 rings (SSSR count). The number of thioether (sulfide) groups is 1. The quantitative estimate of drug-likeness (QED) is 0.673. The summed E-state index contributed by atoms with van der Waals surface area (Å²) < 4.78 is 0. The molecule has 108 valence electrons. The highest BCUT2D eigenvalue weighted by Gasteiger charge is 2.23. The molecular formula is C16H33NS. The van der Waals surface area contributed by atoms with E-state index in [4.69, 9.17) is 0 Å². The highest BCUT2D eigenvalue weighted by atomic mass is 32.2. The molecular weight excluding hydrogens is 238 g/mol. The SMILES string of the molecule is CC(C)NCC1CCCCCC1CCSC(C)C. The fraction of sp³-hybridized carbons (Fsp3) is 1.00. The fourth-order valence-corrected chi connectivity index (χ4v) is 3.86. The number of rotatable bonds is 7. The van der Waals surface area contributed by atoms with Gasteiger partial charge in [-0.1, -0.05) is 53.4 Å². The number of hydrogen-bond donors (Lipinski definition) is 1. The normalized spacial score (nSPS) is 25.7. The van der Waals surface area contributed by atoms with E-state index in [2.05, 4.69) is 44.8 Å². The molecule has 0 heterocycles. The lowest BCUT2D eigenvalue weighted by Crippen LogP contribution is -2.32. The molecule has 0 bridgehead atoms. The molecule has 0 aromatic rings. The summed E-state index contributed by atoms with van der Waals surface area (Å²) in [4.78, 5) is 0. The van der Waals surface area contributed by atoms with Crippen LogP contribution in [0, 0.1) is 11.8 Å². The first-order valence-corrected chi connectivity index (χ1v) is 8.99. The second-order valence-corrected chi connectivity index (χ2v) is 8.11. The van der Waals surface area contributed by atoms with Gasteiger partial charge in [-0.2, -0.15) is 11.8 Å². The molecule has 0 aromatic heterocycles. The van der Waals surface area contributed by atoms with Crippen LogP contribution in [0.25, 0.3) is 0 Å². The van der Waals surface area contributed by atoms with Crippen LogP contribution in [0.1, 0.15) is 66.2 Å². The third kappa shape index (κ3) is 7.04. The molecule has 2 heteroatoms. The summed E-state index contributed by atoms with van der Waals surface area (Å²) in [7, 11) is 0. The zero-order chi connectivity index (χ0) is 13.4. The van der Waals surface area contributed by atoms with Crippen molar-refractivity contribution in [1.29, 1.82) is 0 Å². The summed E-state index contributed by atoms with van der Waals surface area (Å²) >= 11 is 2.14. The van der Waals surface area contributed by atoms with Gasteiger partial charge < -0.3 is 5.32 Å². The minimum Gasteiger partial charge on any atom is -0.314 e. The summed E-state index contributed by atoms with van der Waals surface area (Å²) in [6.07, 6.45) is 8.76. The lowest BCUT2D eigenvalue weighted by atomic mass is 9.86. The Kier molecular flexibility index (Phi) is 8.41. The monoisotopic (exact) mass is 271 g/mol. The smallest absolute Gasteiger partial charge is 0.00104 e. The fourth-order valence-electron chi connectivity index (χ4n) is 2.95. The van der Waals surface area contributed by atoms with Crippen LogP contribution < -0.4 is 5.32 Å². The lowest BCUT2D eigenvalue weighted by molar-refractivity contribution is 0.287. The van der Waals surface area contributed by atoms with Gasteiger partial charge in [0.15, 0.2) is 0 Å². The maximum Gasteiger partial charge on any atom is 0.00104 e. The molecule has 1 aliphatic rings. The molecule has 0 saturated heterocycles. The summed E-state index contributed by atoms with van der Waals surface area (Å²) in [5.74, 6) is 3.27. The van der Waals surface area contributed by atoms with Crippen molar-refractivity contribution in [3.8, 4) is 0 Å².